The van der Waals surface area contributed by atoms with E-state index in [0.717, 1.165) is 17.7 Å². The van der Waals surface area contributed by atoms with Gasteiger partial charge >= 0.3 is 0 Å². The third-order valence-corrected chi connectivity index (χ3v) is 4.14. The number of nitrogens with zero attached hydrogens (tertiary/aromatic N) is 3. The topological polar surface area (TPSA) is 90.1 Å². The molecule has 0 aliphatic heterocycles. The van der Waals surface area contributed by atoms with Gasteiger partial charge in [0, 0.05) is 19.0 Å². The second kappa shape index (κ2) is 8.93. The van der Waals surface area contributed by atoms with E-state index in [2.05, 4.69) is 27.4 Å². The lowest BCUT2D eigenvalue weighted by Crippen LogP contribution is -2.23. The van der Waals surface area contributed by atoms with Gasteiger partial charge in [-0.15, -0.1) is 0 Å². The number of hydrogen-bond donors (Lipinski definition) is 1. The Balaban J connectivity index is 1.51. The molecule has 0 bridgehead atoms. The van der Waals surface area contributed by atoms with Crippen LogP contribution in [0.2, 0.25) is 0 Å². The summed E-state index contributed by atoms with van der Waals surface area (Å²) in [7, 11) is 1.59. The van der Waals surface area contributed by atoms with E-state index in [0.29, 0.717) is 30.4 Å². The Bertz CT molecular complexity index is 890. The summed E-state index contributed by atoms with van der Waals surface area (Å²) in [6, 6.07) is 11.4. The van der Waals surface area contributed by atoms with E-state index in [9.17, 15) is 4.79 Å². The van der Waals surface area contributed by atoms with E-state index in [1.807, 2.05) is 42.6 Å². The lowest BCUT2D eigenvalue weighted by Gasteiger charge is -2.04. The predicted octanol–water partition coefficient (Wildman–Crippen LogP) is 2.95. The molecule has 0 aliphatic carbocycles. The van der Waals surface area contributed by atoms with Crippen LogP contribution in [0.3, 0.4) is 0 Å². The average Bonchev–Trinajstić information content (AvgIpc) is 3.20. The molecule has 27 heavy (non-hydrogen) atoms. The van der Waals surface area contributed by atoms with Crippen molar-refractivity contribution in [1.82, 2.24) is 20.4 Å². The SMILES string of the molecule is CCc1ccc(CNC(=O)CCc2nc(-c3ccccc3OC)no2)nc1. The third-order valence-electron chi connectivity index (χ3n) is 4.14. The Morgan fingerprint density at radius 1 is 1.22 bits per heavy atom. The van der Waals surface area contributed by atoms with Crippen LogP contribution in [0.1, 0.15) is 30.5 Å². The molecule has 0 aliphatic rings. The summed E-state index contributed by atoms with van der Waals surface area (Å²) in [5, 5.41) is 6.83. The van der Waals surface area contributed by atoms with Crippen molar-refractivity contribution in [2.45, 2.75) is 32.7 Å². The van der Waals surface area contributed by atoms with Crippen molar-refractivity contribution < 1.29 is 14.1 Å². The van der Waals surface area contributed by atoms with E-state index in [1.165, 1.54) is 5.56 Å². The van der Waals surface area contributed by atoms with E-state index in [1.54, 1.807) is 7.11 Å². The number of carbonyl (C=O) groups excluding carboxylic acids is 1. The monoisotopic (exact) mass is 366 g/mol. The molecule has 0 saturated heterocycles. The molecule has 7 nitrogen and oxygen atoms in total. The lowest BCUT2D eigenvalue weighted by molar-refractivity contribution is -0.121. The van der Waals surface area contributed by atoms with Crippen LogP contribution in [-0.2, 0) is 24.2 Å². The molecule has 0 spiro atoms. The number of aryl methyl sites for hydroxylation is 2. The van der Waals surface area contributed by atoms with Crippen molar-refractivity contribution in [2.24, 2.45) is 0 Å². The molecule has 1 aromatic carbocycles. The molecule has 0 unspecified atom stereocenters. The van der Waals surface area contributed by atoms with E-state index >= 15 is 0 Å². The summed E-state index contributed by atoms with van der Waals surface area (Å²) >= 11 is 0. The molecule has 0 atom stereocenters. The predicted molar refractivity (Wildman–Crippen MR) is 100 cm³/mol. The van der Waals surface area contributed by atoms with Gasteiger partial charge in [0.1, 0.15) is 5.75 Å². The quantitative estimate of drug-likeness (QED) is 0.659. The Labute approximate surface area is 157 Å². The zero-order valence-corrected chi connectivity index (χ0v) is 15.4. The molecule has 0 saturated carbocycles. The Morgan fingerprint density at radius 2 is 2.07 bits per heavy atom. The minimum absolute atomic E-state index is 0.0894. The minimum Gasteiger partial charge on any atom is -0.496 e. The van der Waals surface area contributed by atoms with Gasteiger partial charge in [-0.2, -0.15) is 4.98 Å². The van der Waals surface area contributed by atoms with E-state index in [-0.39, 0.29) is 12.3 Å². The van der Waals surface area contributed by atoms with Gasteiger partial charge < -0.3 is 14.6 Å². The fourth-order valence-electron chi connectivity index (χ4n) is 2.56. The van der Waals surface area contributed by atoms with Gasteiger partial charge in [-0.05, 0) is 30.2 Å². The molecular formula is C20H22N4O3. The zero-order chi connectivity index (χ0) is 19.1. The standard InChI is InChI=1S/C20H22N4O3/c1-3-14-8-9-15(21-12-14)13-22-18(25)10-11-19-23-20(24-27-19)16-6-4-5-7-17(16)26-2/h4-9,12H,3,10-11,13H2,1-2H3,(H,22,25). The van der Waals surface area contributed by atoms with Gasteiger partial charge in [-0.25, -0.2) is 0 Å². The van der Waals surface area contributed by atoms with Crippen LogP contribution in [0.5, 0.6) is 5.75 Å². The summed E-state index contributed by atoms with van der Waals surface area (Å²) < 4.78 is 10.6. The van der Waals surface area contributed by atoms with Gasteiger partial charge in [-0.3, -0.25) is 9.78 Å². The maximum Gasteiger partial charge on any atom is 0.227 e. The molecule has 3 aromatic rings. The molecule has 1 amide bonds. The smallest absolute Gasteiger partial charge is 0.227 e. The highest BCUT2D eigenvalue weighted by molar-refractivity contribution is 5.76. The second-order valence-electron chi connectivity index (χ2n) is 6.00. The van der Waals surface area contributed by atoms with Gasteiger partial charge in [0.2, 0.25) is 17.6 Å². The molecule has 0 radical (unpaired) electrons. The van der Waals surface area contributed by atoms with Crippen LogP contribution in [0, 0.1) is 0 Å². The molecule has 2 heterocycles. The van der Waals surface area contributed by atoms with Crippen LogP contribution in [0.15, 0.2) is 47.1 Å². The highest BCUT2D eigenvalue weighted by Gasteiger charge is 2.13. The van der Waals surface area contributed by atoms with Gasteiger partial charge in [0.25, 0.3) is 0 Å². The first-order chi connectivity index (χ1) is 13.2. The van der Waals surface area contributed by atoms with Gasteiger partial charge in [-0.1, -0.05) is 30.3 Å². The lowest BCUT2D eigenvalue weighted by atomic mass is 10.2. The summed E-state index contributed by atoms with van der Waals surface area (Å²) in [5.41, 5.74) is 2.75. The number of ether oxygens (including phenoxy) is 1. The van der Waals surface area contributed by atoms with Crippen LogP contribution < -0.4 is 10.1 Å². The Morgan fingerprint density at radius 3 is 2.81 bits per heavy atom. The molecule has 140 valence electrons. The average molecular weight is 366 g/mol. The maximum atomic E-state index is 12.0. The number of aromatic nitrogens is 3. The number of rotatable bonds is 8. The molecule has 3 rings (SSSR count). The van der Waals surface area contributed by atoms with Crippen molar-refractivity contribution in [3.63, 3.8) is 0 Å². The Kier molecular flexibility index (Phi) is 6.14. The first-order valence-corrected chi connectivity index (χ1v) is 8.86. The number of para-hydroxylation sites is 1. The summed E-state index contributed by atoms with van der Waals surface area (Å²) in [6.45, 7) is 2.48. The van der Waals surface area contributed by atoms with Crippen molar-refractivity contribution in [3.8, 4) is 17.1 Å². The van der Waals surface area contributed by atoms with Gasteiger partial charge in [0.15, 0.2) is 0 Å². The third kappa shape index (κ3) is 4.91. The van der Waals surface area contributed by atoms with Crippen molar-refractivity contribution in [3.05, 3.63) is 59.7 Å². The number of methoxy groups -OCH3 is 1. The number of amides is 1. The maximum absolute atomic E-state index is 12.0. The first-order valence-electron chi connectivity index (χ1n) is 8.86. The van der Waals surface area contributed by atoms with Crippen molar-refractivity contribution in [2.75, 3.05) is 7.11 Å². The number of nitrogens with one attached hydrogen (secondary N) is 1. The second-order valence-corrected chi connectivity index (χ2v) is 6.00. The van der Waals surface area contributed by atoms with Gasteiger partial charge in [0.05, 0.1) is 24.9 Å². The zero-order valence-electron chi connectivity index (χ0n) is 15.4. The number of benzene rings is 1. The molecule has 2 aromatic heterocycles. The minimum atomic E-state index is -0.0894. The molecule has 0 fully saturated rings. The van der Waals surface area contributed by atoms with E-state index < -0.39 is 0 Å². The molecular weight excluding hydrogens is 344 g/mol. The van der Waals surface area contributed by atoms with Crippen molar-refractivity contribution >= 4 is 5.91 Å². The van der Waals surface area contributed by atoms with Crippen LogP contribution >= 0.6 is 0 Å². The molecule has 7 heteroatoms. The number of hydrogen-bond acceptors (Lipinski definition) is 6. The van der Waals surface area contributed by atoms with Crippen LogP contribution in [0.4, 0.5) is 0 Å². The van der Waals surface area contributed by atoms with Crippen LogP contribution in [0.25, 0.3) is 11.4 Å². The fourth-order valence-corrected chi connectivity index (χ4v) is 2.56. The highest BCUT2D eigenvalue weighted by atomic mass is 16.5. The van der Waals surface area contributed by atoms with Crippen molar-refractivity contribution in [1.29, 1.82) is 0 Å². The summed E-state index contributed by atoms with van der Waals surface area (Å²) in [4.78, 5) is 20.7. The number of pyridine rings is 1. The largest absolute Gasteiger partial charge is 0.496 e. The molecule has 1 N–H and O–H groups in total. The summed E-state index contributed by atoms with van der Waals surface area (Å²) in [5.74, 6) is 1.44. The summed E-state index contributed by atoms with van der Waals surface area (Å²) in [6.07, 6.45) is 3.41. The van der Waals surface area contributed by atoms with Crippen LogP contribution in [-0.4, -0.2) is 28.1 Å². The fraction of sp³-hybridized carbons (Fsp3) is 0.300. The number of carbonyl (C=O) groups is 1. The first kappa shape index (κ1) is 18.6. The highest BCUT2D eigenvalue weighted by Crippen LogP contribution is 2.27. The Hall–Kier alpha value is -3.22. The van der Waals surface area contributed by atoms with E-state index in [4.69, 9.17) is 9.26 Å². The normalized spacial score (nSPS) is 10.6.